The fourth-order valence-corrected chi connectivity index (χ4v) is 2.35. The summed E-state index contributed by atoms with van der Waals surface area (Å²) < 4.78 is 0. The predicted octanol–water partition coefficient (Wildman–Crippen LogP) is 0.914. The first-order chi connectivity index (χ1) is 8.04. The molecule has 1 aliphatic heterocycles. The SMILES string of the molecule is CCCN1CCN(C(=O)[C@@H](N)CC(C)C)CC1. The van der Waals surface area contributed by atoms with Gasteiger partial charge in [-0.25, -0.2) is 0 Å². The predicted molar refractivity (Wildman–Crippen MR) is 70.7 cm³/mol. The van der Waals surface area contributed by atoms with Crippen molar-refractivity contribution >= 4 is 5.91 Å². The first kappa shape index (κ1) is 14.5. The van der Waals surface area contributed by atoms with E-state index in [1.54, 1.807) is 0 Å². The summed E-state index contributed by atoms with van der Waals surface area (Å²) in [5.41, 5.74) is 5.94. The highest BCUT2D eigenvalue weighted by Crippen LogP contribution is 2.08. The van der Waals surface area contributed by atoms with Crippen LogP contribution in [0, 0.1) is 5.92 Å². The largest absolute Gasteiger partial charge is 0.339 e. The van der Waals surface area contributed by atoms with Crippen molar-refractivity contribution in [2.45, 2.75) is 39.7 Å². The molecule has 1 atom stereocenters. The third kappa shape index (κ3) is 4.64. The average Bonchev–Trinajstić information content (AvgIpc) is 2.28. The monoisotopic (exact) mass is 241 g/mol. The Labute approximate surface area is 105 Å². The van der Waals surface area contributed by atoms with E-state index in [2.05, 4.69) is 25.7 Å². The minimum atomic E-state index is -0.312. The third-order valence-corrected chi connectivity index (χ3v) is 3.27. The van der Waals surface area contributed by atoms with E-state index >= 15 is 0 Å². The summed E-state index contributed by atoms with van der Waals surface area (Å²) in [6, 6.07) is -0.312. The van der Waals surface area contributed by atoms with Gasteiger partial charge in [-0.1, -0.05) is 20.8 Å². The van der Waals surface area contributed by atoms with E-state index in [9.17, 15) is 4.79 Å². The molecule has 1 saturated heterocycles. The minimum absolute atomic E-state index is 0.134. The molecule has 1 amide bonds. The minimum Gasteiger partial charge on any atom is -0.339 e. The Morgan fingerprint density at radius 1 is 1.24 bits per heavy atom. The zero-order valence-electron chi connectivity index (χ0n) is 11.5. The van der Waals surface area contributed by atoms with Crippen molar-refractivity contribution in [2.75, 3.05) is 32.7 Å². The summed E-state index contributed by atoms with van der Waals surface area (Å²) in [5.74, 6) is 0.616. The van der Waals surface area contributed by atoms with Gasteiger partial charge in [-0.3, -0.25) is 9.69 Å². The highest BCUT2D eigenvalue weighted by molar-refractivity contribution is 5.81. The molecule has 100 valence electrons. The average molecular weight is 241 g/mol. The van der Waals surface area contributed by atoms with E-state index in [-0.39, 0.29) is 11.9 Å². The van der Waals surface area contributed by atoms with Crippen LogP contribution in [-0.4, -0.2) is 54.5 Å². The highest BCUT2D eigenvalue weighted by atomic mass is 16.2. The van der Waals surface area contributed by atoms with Gasteiger partial charge in [0.25, 0.3) is 0 Å². The first-order valence-corrected chi connectivity index (χ1v) is 6.81. The van der Waals surface area contributed by atoms with Gasteiger partial charge < -0.3 is 10.6 Å². The fraction of sp³-hybridized carbons (Fsp3) is 0.923. The molecule has 0 bridgehead atoms. The Morgan fingerprint density at radius 3 is 2.29 bits per heavy atom. The molecule has 2 N–H and O–H groups in total. The van der Waals surface area contributed by atoms with Gasteiger partial charge >= 0.3 is 0 Å². The van der Waals surface area contributed by atoms with Gasteiger partial charge in [-0.15, -0.1) is 0 Å². The summed E-state index contributed by atoms with van der Waals surface area (Å²) in [4.78, 5) is 16.4. The van der Waals surface area contributed by atoms with E-state index in [0.717, 1.165) is 39.1 Å². The Balaban J connectivity index is 2.35. The fourth-order valence-electron chi connectivity index (χ4n) is 2.35. The van der Waals surface area contributed by atoms with Gasteiger partial charge in [0.2, 0.25) is 5.91 Å². The molecule has 1 aliphatic rings. The van der Waals surface area contributed by atoms with Crippen LogP contribution >= 0.6 is 0 Å². The molecule has 0 aliphatic carbocycles. The zero-order valence-corrected chi connectivity index (χ0v) is 11.5. The number of rotatable bonds is 5. The molecule has 0 radical (unpaired) electrons. The molecule has 1 fully saturated rings. The number of piperazine rings is 1. The lowest BCUT2D eigenvalue weighted by Crippen LogP contribution is -2.53. The van der Waals surface area contributed by atoms with Crippen LogP contribution in [0.25, 0.3) is 0 Å². The molecule has 0 saturated carbocycles. The van der Waals surface area contributed by atoms with Gasteiger partial charge in [0.05, 0.1) is 6.04 Å². The maximum absolute atomic E-state index is 12.1. The van der Waals surface area contributed by atoms with Crippen LogP contribution < -0.4 is 5.73 Å². The number of carbonyl (C=O) groups excluding carboxylic acids is 1. The molecule has 0 unspecified atom stereocenters. The van der Waals surface area contributed by atoms with Gasteiger partial charge in [0, 0.05) is 26.2 Å². The van der Waals surface area contributed by atoms with Crippen molar-refractivity contribution in [2.24, 2.45) is 11.7 Å². The van der Waals surface area contributed by atoms with Gasteiger partial charge in [-0.05, 0) is 25.3 Å². The van der Waals surface area contributed by atoms with Crippen molar-refractivity contribution in [1.29, 1.82) is 0 Å². The van der Waals surface area contributed by atoms with Crippen LogP contribution in [-0.2, 0) is 4.79 Å². The maximum atomic E-state index is 12.1. The Bertz CT molecular complexity index is 235. The van der Waals surface area contributed by atoms with E-state index in [4.69, 9.17) is 5.73 Å². The lowest BCUT2D eigenvalue weighted by atomic mass is 10.0. The summed E-state index contributed by atoms with van der Waals surface area (Å²) in [6.45, 7) is 11.2. The number of nitrogens with two attached hydrogens (primary N) is 1. The second-order valence-corrected chi connectivity index (χ2v) is 5.40. The number of hydrogen-bond acceptors (Lipinski definition) is 3. The summed E-state index contributed by atoms with van der Waals surface area (Å²) in [6.07, 6.45) is 1.97. The maximum Gasteiger partial charge on any atom is 0.239 e. The molecule has 17 heavy (non-hydrogen) atoms. The van der Waals surface area contributed by atoms with Gasteiger partial charge in [0.15, 0.2) is 0 Å². The van der Waals surface area contributed by atoms with Crippen LogP contribution in [0.1, 0.15) is 33.6 Å². The molecule has 4 heteroatoms. The summed E-state index contributed by atoms with van der Waals surface area (Å²) >= 11 is 0. The summed E-state index contributed by atoms with van der Waals surface area (Å²) in [7, 11) is 0. The number of nitrogens with zero attached hydrogens (tertiary/aromatic N) is 2. The van der Waals surface area contributed by atoms with Crippen molar-refractivity contribution < 1.29 is 4.79 Å². The molecule has 0 aromatic rings. The van der Waals surface area contributed by atoms with Crippen LogP contribution in [0.15, 0.2) is 0 Å². The van der Waals surface area contributed by atoms with E-state index in [1.165, 1.54) is 6.42 Å². The molecular formula is C13H27N3O. The zero-order chi connectivity index (χ0) is 12.8. The van der Waals surface area contributed by atoms with Gasteiger partial charge in [0.1, 0.15) is 0 Å². The van der Waals surface area contributed by atoms with E-state index in [0.29, 0.717) is 5.92 Å². The molecule has 4 nitrogen and oxygen atoms in total. The standard InChI is InChI=1S/C13H27N3O/c1-4-5-15-6-8-16(9-7-15)13(17)12(14)10-11(2)3/h11-12H,4-10,14H2,1-3H3/t12-/m0/s1. The molecule has 1 rings (SSSR count). The lowest BCUT2D eigenvalue weighted by Gasteiger charge is -2.35. The van der Waals surface area contributed by atoms with Crippen molar-refractivity contribution in [3.8, 4) is 0 Å². The Kier molecular flexibility index (Phi) is 5.92. The second-order valence-electron chi connectivity index (χ2n) is 5.40. The second kappa shape index (κ2) is 6.97. The quantitative estimate of drug-likeness (QED) is 0.778. The topological polar surface area (TPSA) is 49.6 Å². The van der Waals surface area contributed by atoms with Gasteiger partial charge in [-0.2, -0.15) is 0 Å². The van der Waals surface area contributed by atoms with E-state index in [1.807, 2.05) is 4.90 Å². The van der Waals surface area contributed by atoms with Crippen LogP contribution in [0.5, 0.6) is 0 Å². The van der Waals surface area contributed by atoms with Crippen LogP contribution in [0.3, 0.4) is 0 Å². The van der Waals surface area contributed by atoms with Crippen molar-refractivity contribution in [3.63, 3.8) is 0 Å². The lowest BCUT2D eigenvalue weighted by molar-refractivity contribution is -0.134. The molecule has 0 aromatic carbocycles. The molecule has 1 heterocycles. The van der Waals surface area contributed by atoms with Crippen LogP contribution in [0.4, 0.5) is 0 Å². The molecule has 0 aromatic heterocycles. The van der Waals surface area contributed by atoms with Crippen LogP contribution in [0.2, 0.25) is 0 Å². The Hall–Kier alpha value is -0.610. The van der Waals surface area contributed by atoms with Crippen molar-refractivity contribution in [1.82, 2.24) is 9.80 Å². The first-order valence-electron chi connectivity index (χ1n) is 6.81. The molecular weight excluding hydrogens is 214 g/mol. The molecule has 0 spiro atoms. The Morgan fingerprint density at radius 2 is 1.82 bits per heavy atom. The van der Waals surface area contributed by atoms with Crippen molar-refractivity contribution in [3.05, 3.63) is 0 Å². The third-order valence-electron chi connectivity index (χ3n) is 3.27. The smallest absolute Gasteiger partial charge is 0.239 e. The highest BCUT2D eigenvalue weighted by Gasteiger charge is 2.25. The normalized spacial score (nSPS) is 19.7. The number of amides is 1. The summed E-state index contributed by atoms with van der Waals surface area (Å²) in [5, 5.41) is 0. The van der Waals surface area contributed by atoms with E-state index < -0.39 is 0 Å². The number of hydrogen-bond donors (Lipinski definition) is 1. The number of carbonyl (C=O) groups is 1.